The van der Waals surface area contributed by atoms with Crippen LogP contribution < -0.4 is 4.90 Å². The summed E-state index contributed by atoms with van der Waals surface area (Å²) in [6, 6.07) is 17.1. The Labute approximate surface area is 105 Å². The van der Waals surface area contributed by atoms with Gasteiger partial charge in [-0.15, -0.1) is 0 Å². The molecule has 0 radical (unpaired) electrons. The van der Waals surface area contributed by atoms with Crippen LogP contribution in [0.5, 0.6) is 0 Å². The highest BCUT2D eigenvalue weighted by molar-refractivity contribution is 6.09. The molecular formula is C15H12N2O. The van der Waals surface area contributed by atoms with E-state index in [1.807, 2.05) is 60.8 Å². The van der Waals surface area contributed by atoms with E-state index >= 15 is 0 Å². The lowest BCUT2D eigenvalue weighted by Crippen LogP contribution is -2.33. The molecule has 0 unspecified atom stereocenters. The molecule has 2 aromatic rings. The number of carbonyl (C=O) groups excluding carboxylic acids is 1. The molecule has 0 atom stereocenters. The van der Waals surface area contributed by atoms with Gasteiger partial charge < -0.3 is 0 Å². The molecule has 0 fully saturated rings. The van der Waals surface area contributed by atoms with E-state index in [-0.39, 0.29) is 5.91 Å². The first-order chi connectivity index (χ1) is 8.86. The van der Waals surface area contributed by atoms with Crippen molar-refractivity contribution in [3.63, 3.8) is 0 Å². The Morgan fingerprint density at radius 1 is 1.00 bits per heavy atom. The Bertz CT molecular complexity index is 605. The summed E-state index contributed by atoms with van der Waals surface area (Å²) in [5.41, 5.74) is 2.58. The van der Waals surface area contributed by atoms with Gasteiger partial charge in [0.15, 0.2) is 0 Å². The zero-order valence-electron chi connectivity index (χ0n) is 9.78. The van der Waals surface area contributed by atoms with E-state index in [4.69, 9.17) is 0 Å². The van der Waals surface area contributed by atoms with E-state index in [1.165, 1.54) is 0 Å². The second kappa shape index (κ2) is 4.45. The van der Waals surface area contributed by atoms with Crippen LogP contribution in [0.25, 0.3) is 0 Å². The molecule has 3 nitrogen and oxygen atoms in total. The number of aliphatic imine (C=N–C) groups is 1. The van der Waals surface area contributed by atoms with Crippen LogP contribution in [0.3, 0.4) is 0 Å². The number of hydrogen-bond donors (Lipinski definition) is 0. The molecule has 3 heteroatoms. The fourth-order valence-electron chi connectivity index (χ4n) is 2.05. The Kier molecular flexibility index (Phi) is 2.65. The molecule has 1 heterocycles. The smallest absolute Gasteiger partial charge is 0.259 e. The lowest BCUT2D eigenvalue weighted by Gasteiger charge is -2.25. The molecule has 0 bridgehead atoms. The summed E-state index contributed by atoms with van der Waals surface area (Å²) < 4.78 is 0. The molecule has 0 aliphatic carbocycles. The minimum atomic E-state index is -0.0140. The van der Waals surface area contributed by atoms with Gasteiger partial charge in [-0.05, 0) is 18.2 Å². The average molecular weight is 236 g/mol. The van der Waals surface area contributed by atoms with Gasteiger partial charge in [-0.1, -0.05) is 36.4 Å². The molecule has 0 aromatic heterocycles. The fourth-order valence-corrected chi connectivity index (χ4v) is 2.05. The molecule has 0 saturated carbocycles. The van der Waals surface area contributed by atoms with Crippen molar-refractivity contribution in [2.24, 2.45) is 4.99 Å². The summed E-state index contributed by atoms with van der Waals surface area (Å²) in [6.45, 7) is 0.380. The standard InChI is InChI=1S/C15H12N2O/c18-15(12-6-2-1-3-7-12)17-11-16-10-13-8-4-5-9-14(13)17/h1-10H,11H2. The highest BCUT2D eigenvalue weighted by atomic mass is 16.2. The Balaban J connectivity index is 2.00. The van der Waals surface area contributed by atoms with Crippen molar-refractivity contribution in [3.05, 3.63) is 65.7 Å². The highest BCUT2D eigenvalue weighted by Crippen LogP contribution is 2.23. The molecule has 2 aromatic carbocycles. The maximum absolute atomic E-state index is 12.4. The van der Waals surface area contributed by atoms with Crippen molar-refractivity contribution in [3.8, 4) is 0 Å². The lowest BCUT2D eigenvalue weighted by molar-refractivity contribution is 0.0987. The van der Waals surface area contributed by atoms with Gasteiger partial charge in [0.2, 0.25) is 0 Å². The molecule has 0 spiro atoms. The summed E-state index contributed by atoms with van der Waals surface area (Å²) in [4.78, 5) is 18.3. The maximum atomic E-state index is 12.4. The van der Waals surface area contributed by atoms with E-state index in [0.717, 1.165) is 11.3 Å². The van der Waals surface area contributed by atoms with Crippen molar-refractivity contribution in [2.45, 2.75) is 0 Å². The van der Waals surface area contributed by atoms with Crippen LogP contribution in [0, 0.1) is 0 Å². The third-order valence-corrected chi connectivity index (χ3v) is 2.95. The third-order valence-electron chi connectivity index (χ3n) is 2.95. The van der Waals surface area contributed by atoms with Gasteiger partial charge in [0, 0.05) is 17.3 Å². The van der Waals surface area contributed by atoms with Crippen molar-refractivity contribution in [1.29, 1.82) is 0 Å². The number of fused-ring (bicyclic) bond motifs is 1. The number of amides is 1. The summed E-state index contributed by atoms with van der Waals surface area (Å²) in [6.07, 6.45) is 1.81. The number of rotatable bonds is 1. The van der Waals surface area contributed by atoms with Gasteiger partial charge >= 0.3 is 0 Å². The molecular weight excluding hydrogens is 224 g/mol. The van der Waals surface area contributed by atoms with Gasteiger partial charge in [-0.25, -0.2) is 0 Å². The third kappa shape index (κ3) is 1.80. The SMILES string of the molecule is O=C(c1ccccc1)N1CN=Cc2ccccc21. The average Bonchev–Trinajstić information content (AvgIpc) is 2.47. The molecule has 0 N–H and O–H groups in total. The van der Waals surface area contributed by atoms with Crippen molar-refractivity contribution >= 4 is 17.8 Å². The van der Waals surface area contributed by atoms with Crippen LogP contribution in [-0.4, -0.2) is 18.8 Å². The van der Waals surface area contributed by atoms with Gasteiger partial charge in [0.1, 0.15) is 6.67 Å². The second-order valence-corrected chi connectivity index (χ2v) is 4.11. The first kappa shape index (κ1) is 10.7. The summed E-state index contributed by atoms with van der Waals surface area (Å²) in [5, 5.41) is 0. The Morgan fingerprint density at radius 2 is 1.72 bits per heavy atom. The molecule has 0 saturated heterocycles. The van der Waals surface area contributed by atoms with Crippen LogP contribution in [0.15, 0.2) is 59.6 Å². The van der Waals surface area contributed by atoms with Crippen LogP contribution in [0.2, 0.25) is 0 Å². The van der Waals surface area contributed by atoms with Gasteiger partial charge in [-0.3, -0.25) is 14.7 Å². The van der Waals surface area contributed by atoms with Crippen LogP contribution >= 0.6 is 0 Å². The zero-order chi connectivity index (χ0) is 12.4. The number of nitrogens with zero attached hydrogens (tertiary/aromatic N) is 2. The molecule has 1 aliphatic heterocycles. The molecule has 3 rings (SSSR count). The number of hydrogen-bond acceptors (Lipinski definition) is 2. The topological polar surface area (TPSA) is 32.7 Å². The van der Waals surface area contributed by atoms with Gasteiger partial charge in [0.05, 0.1) is 5.69 Å². The normalized spacial score (nSPS) is 13.2. The predicted octanol–water partition coefficient (Wildman–Crippen LogP) is 2.72. The van der Waals surface area contributed by atoms with Crippen molar-refractivity contribution in [2.75, 3.05) is 11.6 Å². The minimum Gasteiger partial charge on any atom is -0.288 e. The minimum absolute atomic E-state index is 0.0140. The van der Waals surface area contributed by atoms with Crippen LogP contribution in [-0.2, 0) is 0 Å². The predicted molar refractivity (Wildman–Crippen MR) is 72.2 cm³/mol. The van der Waals surface area contributed by atoms with Gasteiger partial charge in [0.25, 0.3) is 5.91 Å². The molecule has 88 valence electrons. The number of anilines is 1. The first-order valence-electron chi connectivity index (χ1n) is 5.82. The first-order valence-corrected chi connectivity index (χ1v) is 5.82. The lowest BCUT2D eigenvalue weighted by atomic mass is 10.1. The zero-order valence-corrected chi connectivity index (χ0v) is 9.78. The number of carbonyl (C=O) groups is 1. The van der Waals surface area contributed by atoms with Crippen molar-refractivity contribution < 1.29 is 4.79 Å². The number of para-hydroxylation sites is 1. The number of benzene rings is 2. The second-order valence-electron chi connectivity index (χ2n) is 4.11. The van der Waals surface area contributed by atoms with E-state index in [2.05, 4.69) is 4.99 Å². The van der Waals surface area contributed by atoms with Crippen molar-refractivity contribution in [1.82, 2.24) is 0 Å². The molecule has 1 amide bonds. The molecule has 18 heavy (non-hydrogen) atoms. The highest BCUT2D eigenvalue weighted by Gasteiger charge is 2.20. The summed E-state index contributed by atoms with van der Waals surface area (Å²) in [7, 11) is 0. The summed E-state index contributed by atoms with van der Waals surface area (Å²) in [5.74, 6) is -0.0140. The monoisotopic (exact) mass is 236 g/mol. The fraction of sp³-hybridized carbons (Fsp3) is 0.0667. The van der Waals surface area contributed by atoms with Crippen LogP contribution in [0.1, 0.15) is 15.9 Å². The van der Waals surface area contributed by atoms with Crippen LogP contribution in [0.4, 0.5) is 5.69 Å². The Morgan fingerprint density at radius 3 is 2.56 bits per heavy atom. The van der Waals surface area contributed by atoms with E-state index in [0.29, 0.717) is 12.2 Å². The molecule has 1 aliphatic rings. The summed E-state index contributed by atoms with van der Waals surface area (Å²) >= 11 is 0. The van der Waals surface area contributed by atoms with E-state index in [9.17, 15) is 4.79 Å². The van der Waals surface area contributed by atoms with E-state index < -0.39 is 0 Å². The Hall–Kier alpha value is -2.42. The van der Waals surface area contributed by atoms with Gasteiger partial charge in [-0.2, -0.15) is 0 Å². The largest absolute Gasteiger partial charge is 0.288 e. The quantitative estimate of drug-likeness (QED) is 0.749. The maximum Gasteiger partial charge on any atom is 0.259 e. The van der Waals surface area contributed by atoms with E-state index in [1.54, 1.807) is 4.90 Å².